The Kier molecular flexibility index (Phi) is 7.02. The van der Waals surface area contributed by atoms with Crippen LogP contribution in [0.1, 0.15) is 110 Å². The molecule has 1 aliphatic heterocycles. The van der Waals surface area contributed by atoms with Gasteiger partial charge in [0.05, 0.1) is 17.3 Å². The molecule has 0 amide bonds. The molecule has 5 aromatic rings. The maximum atomic E-state index is 6.66. The Balaban J connectivity index is 1.60. The van der Waals surface area contributed by atoms with Crippen LogP contribution in [0.15, 0.2) is 59.1 Å². The Hall–Kier alpha value is -3.50. The van der Waals surface area contributed by atoms with Crippen molar-refractivity contribution >= 4 is 28.3 Å². The quantitative estimate of drug-likeness (QED) is 0.222. The molecule has 2 unspecified atom stereocenters. The van der Waals surface area contributed by atoms with Crippen LogP contribution in [0.3, 0.4) is 0 Å². The van der Waals surface area contributed by atoms with Crippen molar-refractivity contribution in [3.8, 4) is 11.3 Å². The van der Waals surface area contributed by atoms with Crippen molar-refractivity contribution in [3.63, 3.8) is 0 Å². The second kappa shape index (κ2) is 10.4. The number of para-hydroxylation sites is 1. The number of aromatic nitrogens is 2. The lowest BCUT2D eigenvalue weighted by Gasteiger charge is -2.35. The number of imidazole rings is 1. The van der Waals surface area contributed by atoms with Crippen LogP contribution in [-0.2, 0) is 6.42 Å². The van der Waals surface area contributed by atoms with Crippen molar-refractivity contribution in [2.75, 3.05) is 5.32 Å². The van der Waals surface area contributed by atoms with Crippen molar-refractivity contribution in [2.24, 2.45) is 0 Å². The fraction of sp³-hybridized carbons (Fsp3) is 0.361. The van der Waals surface area contributed by atoms with Gasteiger partial charge in [0, 0.05) is 28.7 Å². The largest absolute Gasteiger partial charge is 0.460 e. The maximum absolute atomic E-state index is 6.66. The second-order valence-corrected chi connectivity index (χ2v) is 12.7. The van der Waals surface area contributed by atoms with Gasteiger partial charge in [-0.2, -0.15) is 0 Å². The molecule has 41 heavy (non-hydrogen) atoms. The molecule has 3 heterocycles. The second-order valence-electron chi connectivity index (χ2n) is 12.2. The Morgan fingerprint density at radius 3 is 2.34 bits per heavy atom. The van der Waals surface area contributed by atoms with E-state index in [2.05, 4.69) is 108 Å². The van der Waals surface area contributed by atoms with Crippen LogP contribution in [0.4, 0.5) is 5.69 Å². The number of hydrogen-bond donors (Lipinski definition) is 1. The first-order valence-corrected chi connectivity index (χ1v) is 15.3. The summed E-state index contributed by atoms with van der Waals surface area (Å²) < 4.78 is 8.67. The van der Waals surface area contributed by atoms with Gasteiger partial charge in [0.25, 0.3) is 0 Å². The van der Waals surface area contributed by atoms with Crippen molar-refractivity contribution in [2.45, 2.75) is 85.7 Å². The van der Waals surface area contributed by atoms with Crippen LogP contribution in [0.2, 0.25) is 5.02 Å². The van der Waals surface area contributed by atoms with E-state index in [9.17, 15) is 0 Å². The van der Waals surface area contributed by atoms with Gasteiger partial charge in [-0.3, -0.25) is 0 Å². The average Bonchev–Trinajstić information content (AvgIpc) is 3.53. The van der Waals surface area contributed by atoms with Crippen molar-refractivity contribution < 1.29 is 4.42 Å². The zero-order valence-corrected chi connectivity index (χ0v) is 26.1. The number of halogens is 1. The molecule has 0 saturated heterocycles. The molecule has 5 heteroatoms. The third kappa shape index (κ3) is 4.57. The number of aryl methyl sites for hydroxylation is 3. The fourth-order valence-electron chi connectivity index (χ4n) is 6.72. The standard InChI is InChI=1S/C36H40ClN3O/c1-9-30-33(25-12-10-11-13-31(25)41-30)29-18-40-23(8)28-15-21(6)14-22(7)32(28)35(36(40)38-29)39-34-26(19(2)3)16-24(37)17-27(34)20(4)5/h10-20,23,35,39H,9H2,1-8H3. The van der Waals surface area contributed by atoms with Gasteiger partial charge in [-0.25, -0.2) is 4.98 Å². The van der Waals surface area contributed by atoms with Crippen LogP contribution in [0.5, 0.6) is 0 Å². The Morgan fingerprint density at radius 2 is 1.68 bits per heavy atom. The average molecular weight is 566 g/mol. The molecule has 4 nitrogen and oxygen atoms in total. The molecule has 212 valence electrons. The smallest absolute Gasteiger partial charge is 0.137 e. The lowest BCUT2D eigenvalue weighted by molar-refractivity contribution is 0.549. The molecule has 0 radical (unpaired) electrons. The third-order valence-electron chi connectivity index (χ3n) is 8.68. The Morgan fingerprint density at radius 1 is 1.00 bits per heavy atom. The zero-order valence-electron chi connectivity index (χ0n) is 25.4. The van der Waals surface area contributed by atoms with Gasteiger partial charge in [-0.05, 0) is 78.6 Å². The van der Waals surface area contributed by atoms with Crippen LogP contribution >= 0.6 is 11.6 Å². The molecule has 0 saturated carbocycles. The first kappa shape index (κ1) is 27.7. The summed E-state index contributed by atoms with van der Waals surface area (Å²) >= 11 is 6.66. The fourth-order valence-corrected chi connectivity index (χ4v) is 6.95. The van der Waals surface area contributed by atoms with Crippen LogP contribution < -0.4 is 5.32 Å². The molecule has 2 aromatic heterocycles. The molecule has 3 aromatic carbocycles. The van der Waals surface area contributed by atoms with E-state index in [-0.39, 0.29) is 12.1 Å². The Bertz CT molecular complexity index is 1740. The van der Waals surface area contributed by atoms with Crippen molar-refractivity contribution in [1.29, 1.82) is 0 Å². The summed E-state index contributed by atoms with van der Waals surface area (Å²) in [7, 11) is 0. The number of furan rings is 1. The van der Waals surface area contributed by atoms with Crippen molar-refractivity contribution in [1.82, 2.24) is 9.55 Å². The predicted molar refractivity (Wildman–Crippen MR) is 172 cm³/mol. The monoisotopic (exact) mass is 565 g/mol. The topological polar surface area (TPSA) is 43.0 Å². The molecular weight excluding hydrogens is 526 g/mol. The summed E-state index contributed by atoms with van der Waals surface area (Å²) in [4.78, 5) is 5.42. The molecule has 6 rings (SSSR count). The lowest BCUT2D eigenvalue weighted by Crippen LogP contribution is -2.28. The number of nitrogens with one attached hydrogen (secondary N) is 1. The summed E-state index contributed by atoms with van der Waals surface area (Å²) in [5.74, 6) is 2.63. The minimum atomic E-state index is -0.116. The summed E-state index contributed by atoms with van der Waals surface area (Å²) in [5.41, 5.74) is 11.8. The van der Waals surface area contributed by atoms with E-state index in [4.69, 9.17) is 21.0 Å². The van der Waals surface area contributed by atoms with Gasteiger partial charge >= 0.3 is 0 Å². The number of rotatable bonds is 6. The number of fused-ring (bicyclic) bond motifs is 3. The highest BCUT2D eigenvalue weighted by Crippen LogP contribution is 2.46. The molecule has 1 aliphatic rings. The van der Waals surface area contributed by atoms with Gasteiger partial charge in [-0.15, -0.1) is 0 Å². The van der Waals surface area contributed by atoms with E-state index in [1.807, 2.05) is 12.1 Å². The zero-order chi connectivity index (χ0) is 29.2. The number of anilines is 1. The molecular formula is C36H40ClN3O. The van der Waals surface area contributed by atoms with Gasteiger partial charge in [0.1, 0.15) is 23.2 Å². The highest BCUT2D eigenvalue weighted by atomic mass is 35.5. The van der Waals surface area contributed by atoms with Gasteiger partial charge < -0.3 is 14.3 Å². The van der Waals surface area contributed by atoms with Crippen molar-refractivity contribution in [3.05, 3.63) is 105 Å². The number of benzene rings is 3. The molecule has 0 spiro atoms. The predicted octanol–water partition coefficient (Wildman–Crippen LogP) is 10.5. The molecule has 0 aliphatic carbocycles. The molecule has 1 N–H and O–H groups in total. The molecule has 2 atom stereocenters. The van der Waals surface area contributed by atoms with Crippen LogP contribution in [0.25, 0.3) is 22.2 Å². The summed E-state index contributed by atoms with van der Waals surface area (Å²) in [5, 5.41) is 5.96. The van der Waals surface area contributed by atoms with E-state index in [0.717, 1.165) is 45.3 Å². The van der Waals surface area contributed by atoms with Crippen LogP contribution in [-0.4, -0.2) is 9.55 Å². The van der Waals surface area contributed by atoms with E-state index >= 15 is 0 Å². The van der Waals surface area contributed by atoms with E-state index < -0.39 is 0 Å². The summed E-state index contributed by atoms with van der Waals surface area (Å²) in [6.45, 7) is 17.8. The van der Waals surface area contributed by atoms with Gasteiger partial charge in [0.15, 0.2) is 0 Å². The van der Waals surface area contributed by atoms with E-state index in [0.29, 0.717) is 11.8 Å². The molecule has 0 bridgehead atoms. The summed E-state index contributed by atoms with van der Waals surface area (Å²) in [6, 6.07) is 17.2. The first-order valence-electron chi connectivity index (χ1n) is 14.9. The number of hydrogen-bond acceptors (Lipinski definition) is 3. The first-order chi connectivity index (χ1) is 19.6. The number of nitrogens with zero attached hydrogens (tertiary/aromatic N) is 2. The van der Waals surface area contributed by atoms with Crippen LogP contribution in [0, 0.1) is 13.8 Å². The maximum Gasteiger partial charge on any atom is 0.137 e. The highest BCUT2D eigenvalue weighted by molar-refractivity contribution is 6.30. The SMILES string of the molecule is CCc1oc2ccccc2c1-c1cn2c(n1)C(Nc1c(C(C)C)cc(Cl)cc1C(C)C)c1c(C)cc(C)cc1C2C. The highest BCUT2D eigenvalue weighted by Gasteiger charge is 2.35. The van der Waals surface area contributed by atoms with Gasteiger partial charge in [-0.1, -0.05) is 82.1 Å². The normalized spacial score (nSPS) is 16.5. The minimum Gasteiger partial charge on any atom is -0.460 e. The van der Waals surface area contributed by atoms with E-state index in [1.165, 1.54) is 39.1 Å². The summed E-state index contributed by atoms with van der Waals surface area (Å²) in [6.07, 6.45) is 3.04. The Labute approximate surface area is 248 Å². The van der Waals surface area contributed by atoms with E-state index in [1.54, 1.807) is 0 Å². The molecule has 0 fully saturated rings. The minimum absolute atomic E-state index is 0.116. The third-order valence-corrected chi connectivity index (χ3v) is 8.90. The van der Waals surface area contributed by atoms with Gasteiger partial charge in [0.2, 0.25) is 0 Å². The lowest BCUT2D eigenvalue weighted by atomic mass is 9.85.